The molecule has 3 aromatic rings. The number of hydrogen-bond acceptors (Lipinski definition) is 5. The van der Waals surface area contributed by atoms with E-state index in [-0.39, 0.29) is 11.7 Å². The normalized spacial score (nSPS) is 19.5. The van der Waals surface area contributed by atoms with Crippen molar-refractivity contribution in [2.75, 3.05) is 23.7 Å². The zero-order chi connectivity index (χ0) is 21.6. The Balaban J connectivity index is 1.53. The minimum Gasteiger partial charge on any atom is -0.366 e. The number of nitrogens with one attached hydrogen (secondary N) is 3. The standard InChI is InChI=1S/C21H22F4N6/c22-14-6-13(21(23,24)25)7-16(8-14)29-19-9-18(28-15-2-1-5-26-10-15)30-20-17(12-3-4-12)11-27-31(19)20/h6-9,11-12,15,26,29H,1-5,10H2,(H,28,30)/t15-/m0/s1. The second-order valence-electron chi connectivity index (χ2n) is 8.18. The van der Waals surface area contributed by atoms with Crippen LogP contribution in [0.25, 0.3) is 5.65 Å². The van der Waals surface area contributed by atoms with Gasteiger partial charge in [-0.05, 0) is 56.3 Å². The number of rotatable bonds is 5. The van der Waals surface area contributed by atoms with Gasteiger partial charge in [-0.2, -0.15) is 22.8 Å². The molecule has 1 saturated carbocycles. The van der Waals surface area contributed by atoms with Gasteiger partial charge in [0.05, 0.1) is 11.8 Å². The first-order valence-corrected chi connectivity index (χ1v) is 10.4. The van der Waals surface area contributed by atoms with Crippen LogP contribution in [0.3, 0.4) is 0 Å². The molecule has 3 heterocycles. The van der Waals surface area contributed by atoms with Gasteiger partial charge in [0.2, 0.25) is 0 Å². The van der Waals surface area contributed by atoms with Crippen LogP contribution in [0.15, 0.2) is 30.5 Å². The third-order valence-corrected chi connectivity index (χ3v) is 5.66. The van der Waals surface area contributed by atoms with E-state index >= 15 is 0 Å². The highest BCUT2D eigenvalue weighted by Gasteiger charge is 2.32. The quantitative estimate of drug-likeness (QED) is 0.509. The molecule has 164 valence electrons. The van der Waals surface area contributed by atoms with E-state index in [0.717, 1.165) is 56.5 Å². The first kappa shape index (κ1) is 20.0. The van der Waals surface area contributed by atoms with Crippen LogP contribution in [0.1, 0.15) is 42.7 Å². The van der Waals surface area contributed by atoms with E-state index in [2.05, 4.69) is 21.0 Å². The number of anilines is 3. The molecule has 2 aromatic heterocycles. The first-order valence-electron chi connectivity index (χ1n) is 10.4. The Labute approximate surface area is 176 Å². The van der Waals surface area contributed by atoms with Gasteiger partial charge in [0, 0.05) is 29.9 Å². The van der Waals surface area contributed by atoms with Crippen molar-refractivity contribution >= 4 is 23.0 Å². The molecule has 0 unspecified atom stereocenters. The van der Waals surface area contributed by atoms with Gasteiger partial charge in [0.25, 0.3) is 0 Å². The summed E-state index contributed by atoms with van der Waals surface area (Å²) in [6, 6.07) is 4.30. The molecule has 5 rings (SSSR count). The summed E-state index contributed by atoms with van der Waals surface area (Å²) in [6.07, 6.45) is 1.29. The summed E-state index contributed by atoms with van der Waals surface area (Å²) in [5.41, 5.74) is 0.620. The zero-order valence-electron chi connectivity index (χ0n) is 16.6. The van der Waals surface area contributed by atoms with Gasteiger partial charge < -0.3 is 16.0 Å². The summed E-state index contributed by atoms with van der Waals surface area (Å²) in [4.78, 5) is 4.73. The van der Waals surface area contributed by atoms with Crippen LogP contribution >= 0.6 is 0 Å². The number of alkyl halides is 3. The van der Waals surface area contributed by atoms with Crippen LogP contribution in [0.4, 0.5) is 34.9 Å². The molecule has 0 amide bonds. The highest BCUT2D eigenvalue weighted by Crippen LogP contribution is 2.42. The van der Waals surface area contributed by atoms with Crippen LogP contribution in [0, 0.1) is 5.82 Å². The molecule has 2 fully saturated rings. The summed E-state index contributed by atoms with van der Waals surface area (Å²) in [5, 5.41) is 14.1. The fourth-order valence-corrected chi connectivity index (χ4v) is 3.98. The zero-order valence-corrected chi connectivity index (χ0v) is 16.6. The molecule has 10 heteroatoms. The van der Waals surface area contributed by atoms with Crippen molar-refractivity contribution in [1.29, 1.82) is 0 Å². The van der Waals surface area contributed by atoms with E-state index in [1.165, 1.54) is 0 Å². The molecule has 0 bridgehead atoms. The molecule has 1 atom stereocenters. The third kappa shape index (κ3) is 4.30. The fraction of sp³-hybridized carbons (Fsp3) is 0.429. The number of benzene rings is 1. The van der Waals surface area contributed by atoms with Crippen molar-refractivity contribution in [2.24, 2.45) is 0 Å². The number of fused-ring (bicyclic) bond motifs is 1. The Morgan fingerprint density at radius 3 is 2.65 bits per heavy atom. The number of hydrogen-bond donors (Lipinski definition) is 3. The van der Waals surface area contributed by atoms with Crippen molar-refractivity contribution in [2.45, 2.75) is 43.8 Å². The Hall–Kier alpha value is -2.88. The summed E-state index contributed by atoms with van der Waals surface area (Å²) >= 11 is 0. The molecule has 1 aliphatic carbocycles. The Kier molecular flexibility index (Phi) is 4.96. The fourth-order valence-electron chi connectivity index (χ4n) is 3.98. The van der Waals surface area contributed by atoms with E-state index < -0.39 is 17.6 Å². The number of aromatic nitrogens is 3. The van der Waals surface area contributed by atoms with Gasteiger partial charge in [0.1, 0.15) is 17.5 Å². The molecule has 1 saturated heterocycles. The van der Waals surface area contributed by atoms with E-state index in [4.69, 9.17) is 4.98 Å². The molecule has 6 nitrogen and oxygen atoms in total. The largest absolute Gasteiger partial charge is 0.416 e. The second-order valence-corrected chi connectivity index (χ2v) is 8.18. The van der Waals surface area contributed by atoms with Crippen molar-refractivity contribution in [3.63, 3.8) is 0 Å². The maximum absolute atomic E-state index is 13.9. The van der Waals surface area contributed by atoms with Crippen LogP contribution in [0.5, 0.6) is 0 Å². The van der Waals surface area contributed by atoms with Crippen LogP contribution in [-0.4, -0.2) is 33.7 Å². The van der Waals surface area contributed by atoms with E-state index in [9.17, 15) is 17.6 Å². The number of halogens is 4. The van der Waals surface area contributed by atoms with E-state index in [1.54, 1.807) is 16.8 Å². The van der Waals surface area contributed by atoms with E-state index in [1.807, 2.05) is 0 Å². The van der Waals surface area contributed by atoms with Gasteiger partial charge in [-0.1, -0.05) is 0 Å². The summed E-state index contributed by atoms with van der Waals surface area (Å²) < 4.78 is 54.8. The molecule has 3 N–H and O–H groups in total. The van der Waals surface area contributed by atoms with Crippen LogP contribution < -0.4 is 16.0 Å². The lowest BCUT2D eigenvalue weighted by Crippen LogP contribution is -2.38. The van der Waals surface area contributed by atoms with Gasteiger partial charge in [-0.15, -0.1) is 0 Å². The SMILES string of the molecule is Fc1cc(Nc2cc(N[C@H]3CCCNC3)nc3c(C4CC4)cnn23)cc(C(F)(F)F)c1. The van der Waals surface area contributed by atoms with Crippen LogP contribution in [-0.2, 0) is 6.18 Å². The Morgan fingerprint density at radius 2 is 1.94 bits per heavy atom. The number of nitrogens with zero attached hydrogens (tertiary/aromatic N) is 3. The average molecular weight is 434 g/mol. The monoisotopic (exact) mass is 434 g/mol. The molecule has 0 radical (unpaired) electrons. The lowest BCUT2D eigenvalue weighted by Gasteiger charge is -2.24. The Bertz CT molecular complexity index is 1100. The van der Waals surface area contributed by atoms with Crippen molar-refractivity contribution < 1.29 is 17.6 Å². The van der Waals surface area contributed by atoms with Crippen LogP contribution in [0.2, 0.25) is 0 Å². The first-order chi connectivity index (χ1) is 14.9. The number of piperidine rings is 1. The van der Waals surface area contributed by atoms with Crippen molar-refractivity contribution in [3.8, 4) is 0 Å². The molecule has 1 aromatic carbocycles. The lowest BCUT2D eigenvalue weighted by atomic mass is 10.1. The summed E-state index contributed by atoms with van der Waals surface area (Å²) in [6.45, 7) is 1.79. The molecule has 1 aliphatic heterocycles. The minimum absolute atomic E-state index is 0.00594. The third-order valence-electron chi connectivity index (χ3n) is 5.66. The second kappa shape index (κ2) is 7.67. The Morgan fingerprint density at radius 1 is 1.10 bits per heavy atom. The lowest BCUT2D eigenvalue weighted by molar-refractivity contribution is -0.137. The van der Waals surface area contributed by atoms with E-state index in [0.29, 0.717) is 29.3 Å². The smallest absolute Gasteiger partial charge is 0.366 e. The minimum atomic E-state index is -4.64. The summed E-state index contributed by atoms with van der Waals surface area (Å²) in [7, 11) is 0. The van der Waals surface area contributed by atoms with Gasteiger partial charge in [-0.3, -0.25) is 0 Å². The summed E-state index contributed by atoms with van der Waals surface area (Å²) in [5.74, 6) is 0.462. The van der Waals surface area contributed by atoms with Gasteiger partial charge in [0.15, 0.2) is 5.65 Å². The topological polar surface area (TPSA) is 66.3 Å². The molecule has 31 heavy (non-hydrogen) atoms. The molecule has 2 aliphatic rings. The maximum atomic E-state index is 13.9. The average Bonchev–Trinajstić information content (AvgIpc) is 3.47. The predicted molar refractivity (Wildman–Crippen MR) is 109 cm³/mol. The molecular formula is C21H22F4N6. The van der Waals surface area contributed by atoms with Crippen molar-refractivity contribution in [3.05, 3.63) is 47.4 Å². The van der Waals surface area contributed by atoms with Crippen molar-refractivity contribution in [1.82, 2.24) is 19.9 Å². The maximum Gasteiger partial charge on any atom is 0.416 e. The molecular weight excluding hydrogens is 412 g/mol. The molecule has 0 spiro atoms. The van der Waals surface area contributed by atoms with Gasteiger partial charge >= 0.3 is 6.18 Å². The highest BCUT2D eigenvalue weighted by atomic mass is 19.4. The predicted octanol–water partition coefficient (Wildman–Crippen LogP) is 4.67. The highest BCUT2D eigenvalue weighted by molar-refractivity contribution is 5.66. The van der Waals surface area contributed by atoms with Gasteiger partial charge in [-0.25, -0.2) is 9.37 Å².